The van der Waals surface area contributed by atoms with Crippen LogP contribution in [0.4, 0.5) is 0 Å². The molecule has 106 valence electrons. The van der Waals surface area contributed by atoms with Crippen molar-refractivity contribution in [2.24, 2.45) is 0 Å². The molecule has 1 N–H and O–H groups in total. The quantitative estimate of drug-likeness (QED) is 0.603. The van der Waals surface area contributed by atoms with Crippen molar-refractivity contribution in [3.8, 4) is 23.0 Å². The second-order valence-electron chi connectivity index (χ2n) is 3.66. The van der Waals surface area contributed by atoms with E-state index in [0.717, 1.165) is 0 Å². The first kappa shape index (κ1) is 15.1. The molecule has 0 saturated carbocycles. The maximum absolute atomic E-state index is 11.9. The fourth-order valence-corrected chi connectivity index (χ4v) is 1.62. The van der Waals surface area contributed by atoms with Crippen molar-refractivity contribution in [3.63, 3.8) is 0 Å². The van der Waals surface area contributed by atoms with Gasteiger partial charge in [-0.2, -0.15) is 0 Å². The number of carbonyl (C=O) groups excluding carboxylic acids is 1. The smallest absolute Gasteiger partial charge is 0.206 e. The monoisotopic (exact) mass is 270 g/mol. The summed E-state index contributed by atoms with van der Waals surface area (Å²) in [5.41, 5.74) is 0.0805. The summed E-state index contributed by atoms with van der Waals surface area (Å²) in [6.45, 7) is 1.62. The van der Waals surface area contributed by atoms with Crippen LogP contribution in [-0.4, -0.2) is 39.0 Å². The Morgan fingerprint density at radius 3 is 2.32 bits per heavy atom. The minimum Gasteiger partial charge on any atom is -0.504 e. The zero-order chi connectivity index (χ0) is 14.4. The first-order chi connectivity index (χ1) is 9.10. The van der Waals surface area contributed by atoms with E-state index in [4.69, 9.17) is 18.9 Å². The van der Waals surface area contributed by atoms with Crippen molar-refractivity contribution in [2.75, 3.05) is 28.1 Å². The van der Waals surface area contributed by atoms with Crippen LogP contribution in [0.3, 0.4) is 0 Å². The van der Waals surface area contributed by atoms with Crippen LogP contribution < -0.4 is 14.2 Å². The van der Waals surface area contributed by atoms with Crippen LogP contribution in [0.5, 0.6) is 23.0 Å². The summed E-state index contributed by atoms with van der Waals surface area (Å²) >= 11 is 0. The summed E-state index contributed by atoms with van der Waals surface area (Å²) < 4.78 is 20.2. The third-order valence-corrected chi connectivity index (χ3v) is 2.55. The minimum absolute atomic E-state index is 0.0574. The summed E-state index contributed by atoms with van der Waals surface area (Å²) in [5, 5.41) is 10.2. The Bertz CT molecular complexity index is 455. The van der Waals surface area contributed by atoms with E-state index in [1.807, 2.05) is 0 Å². The highest BCUT2D eigenvalue weighted by atomic mass is 16.7. The van der Waals surface area contributed by atoms with Gasteiger partial charge in [0.2, 0.25) is 5.75 Å². The van der Waals surface area contributed by atoms with E-state index in [0.29, 0.717) is 0 Å². The Hall–Kier alpha value is -1.95. The normalized spacial score (nSPS) is 10.1. The van der Waals surface area contributed by atoms with Crippen molar-refractivity contribution in [1.29, 1.82) is 0 Å². The van der Waals surface area contributed by atoms with E-state index in [-0.39, 0.29) is 47.6 Å². The van der Waals surface area contributed by atoms with Crippen molar-refractivity contribution in [3.05, 3.63) is 11.6 Å². The molecular weight excluding hydrogens is 252 g/mol. The second-order valence-corrected chi connectivity index (χ2v) is 3.66. The molecule has 0 atom stereocenters. The van der Waals surface area contributed by atoms with Gasteiger partial charge in [-0.3, -0.25) is 4.79 Å². The summed E-state index contributed by atoms with van der Waals surface area (Å²) in [6.07, 6.45) is 0.236. The average Bonchev–Trinajstić information content (AvgIpc) is 2.44. The molecule has 6 heteroatoms. The number of ketones is 1. The zero-order valence-electron chi connectivity index (χ0n) is 11.5. The molecule has 1 aromatic carbocycles. The zero-order valence-corrected chi connectivity index (χ0v) is 11.5. The molecule has 0 saturated heterocycles. The molecule has 0 unspecified atom stereocenters. The SMILES string of the molecule is CCC(=O)c1c(OC)cc(OC)c(OCOC)c1O. The Kier molecular flexibility index (Phi) is 5.44. The molecule has 0 aliphatic carbocycles. The standard InChI is InChI=1S/C13H18O6/c1-5-8(14)11-9(17-3)6-10(18-4)13(12(11)15)19-7-16-2/h6,15H,5,7H2,1-4H3. The maximum Gasteiger partial charge on any atom is 0.206 e. The van der Waals surface area contributed by atoms with Gasteiger partial charge < -0.3 is 24.1 Å². The molecule has 0 radical (unpaired) electrons. The molecule has 1 rings (SSSR count). The number of carbonyl (C=O) groups is 1. The molecule has 0 bridgehead atoms. The van der Waals surface area contributed by atoms with Gasteiger partial charge >= 0.3 is 0 Å². The fraction of sp³-hybridized carbons (Fsp3) is 0.462. The Morgan fingerprint density at radius 2 is 1.84 bits per heavy atom. The second kappa shape index (κ2) is 6.84. The van der Waals surface area contributed by atoms with Crippen LogP contribution in [0.25, 0.3) is 0 Å². The van der Waals surface area contributed by atoms with Crippen molar-refractivity contribution in [1.82, 2.24) is 0 Å². The van der Waals surface area contributed by atoms with E-state index in [1.54, 1.807) is 6.92 Å². The number of phenolic OH excluding ortho intramolecular Hbond substituents is 1. The van der Waals surface area contributed by atoms with Gasteiger partial charge in [0.25, 0.3) is 0 Å². The molecular formula is C13H18O6. The van der Waals surface area contributed by atoms with E-state index >= 15 is 0 Å². The maximum atomic E-state index is 11.9. The Labute approximate surface area is 111 Å². The summed E-state index contributed by atoms with van der Waals surface area (Å²) in [7, 11) is 4.29. The van der Waals surface area contributed by atoms with Gasteiger partial charge in [0.1, 0.15) is 11.3 Å². The lowest BCUT2D eigenvalue weighted by Crippen LogP contribution is -2.06. The van der Waals surface area contributed by atoms with Crippen molar-refractivity contribution < 1.29 is 28.8 Å². The fourth-order valence-electron chi connectivity index (χ4n) is 1.62. The van der Waals surface area contributed by atoms with Gasteiger partial charge in [-0.05, 0) is 0 Å². The van der Waals surface area contributed by atoms with Gasteiger partial charge in [-0.25, -0.2) is 0 Å². The number of phenols is 1. The van der Waals surface area contributed by atoms with E-state index < -0.39 is 0 Å². The van der Waals surface area contributed by atoms with Crippen molar-refractivity contribution >= 4 is 5.78 Å². The van der Waals surface area contributed by atoms with Gasteiger partial charge in [0.05, 0.1) is 14.2 Å². The molecule has 6 nitrogen and oxygen atoms in total. The number of ether oxygens (including phenoxy) is 4. The lowest BCUT2D eigenvalue weighted by molar-refractivity contribution is 0.0469. The first-order valence-corrected chi connectivity index (χ1v) is 5.73. The van der Waals surface area contributed by atoms with Crippen LogP contribution in [0.2, 0.25) is 0 Å². The van der Waals surface area contributed by atoms with Crippen molar-refractivity contribution in [2.45, 2.75) is 13.3 Å². The number of Topliss-reactive ketones (excluding diaryl/α,β-unsaturated/α-hetero) is 1. The molecule has 0 aliphatic rings. The van der Waals surface area contributed by atoms with Crippen LogP contribution in [0, 0.1) is 0 Å². The van der Waals surface area contributed by atoms with Gasteiger partial charge in [-0.1, -0.05) is 6.92 Å². The number of aromatic hydroxyl groups is 1. The van der Waals surface area contributed by atoms with Gasteiger partial charge in [-0.15, -0.1) is 0 Å². The molecule has 0 spiro atoms. The number of benzene rings is 1. The summed E-state index contributed by atoms with van der Waals surface area (Å²) in [6, 6.07) is 1.49. The van der Waals surface area contributed by atoms with Crippen LogP contribution in [-0.2, 0) is 4.74 Å². The average molecular weight is 270 g/mol. The lowest BCUT2D eigenvalue weighted by Gasteiger charge is -2.16. The highest BCUT2D eigenvalue weighted by Crippen LogP contribution is 2.44. The third-order valence-electron chi connectivity index (χ3n) is 2.55. The van der Waals surface area contributed by atoms with E-state index in [2.05, 4.69) is 0 Å². The third kappa shape index (κ3) is 3.08. The molecule has 0 aromatic heterocycles. The Balaban J connectivity index is 3.40. The molecule has 19 heavy (non-hydrogen) atoms. The number of hydrogen-bond acceptors (Lipinski definition) is 6. The lowest BCUT2D eigenvalue weighted by atomic mass is 10.0. The molecule has 0 aliphatic heterocycles. The van der Waals surface area contributed by atoms with E-state index in [1.165, 1.54) is 27.4 Å². The van der Waals surface area contributed by atoms with Gasteiger partial charge in [0.15, 0.2) is 24.1 Å². The largest absolute Gasteiger partial charge is 0.504 e. The van der Waals surface area contributed by atoms with Gasteiger partial charge in [0, 0.05) is 19.6 Å². The topological polar surface area (TPSA) is 74.2 Å². The summed E-state index contributed by atoms with van der Waals surface area (Å²) in [4.78, 5) is 11.9. The minimum atomic E-state index is -0.305. The van der Waals surface area contributed by atoms with Crippen LogP contribution in [0.1, 0.15) is 23.7 Å². The molecule has 0 heterocycles. The summed E-state index contributed by atoms with van der Waals surface area (Å²) in [5.74, 6) is 0.00587. The van der Waals surface area contributed by atoms with E-state index in [9.17, 15) is 9.90 Å². The van der Waals surface area contributed by atoms with Crippen LogP contribution in [0.15, 0.2) is 6.07 Å². The first-order valence-electron chi connectivity index (χ1n) is 5.73. The predicted molar refractivity (Wildman–Crippen MR) is 68.3 cm³/mol. The molecule has 1 aromatic rings. The van der Waals surface area contributed by atoms with Crippen LogP contribution >= 0.6 is 0 Å². The highest BCUT2D eigenvalue weighted by Gasteiger charge is 2.24. The highest BCUT2D eigenvalue weighted by molar-refractivity contribution is 6.02. The predicted octanol–water partition coefficient (Wildman–Crippen LogP) is 1.98. The Morgan fingerprint density at radius 1 is 1.21 bits per heavy atom. The molecule has 0 amide bonds. The number of methoxy groups -OCH3 is 3. The number of rotatable bonds is 7. The number of hydrogen-bond donors (Lipinski definition) is 1. The molecule has 0 fully saturated rings.